The normalized spacial score (nSPS) is 11.4. The minimum absolute atomic E-state index is 0.110. The molecule has 1 amide bonds. The molecule has 0 aliphatic rings. The van der Waals surface area contributed by atoms with Crippen molar-refractivity contribution >= 4 is 5.91 Å². The van der Waals surface area contributed by atoms with Crippen LogP contribution in [-0.2, 0) is 7.05 Å². The summed E-state index contributed by atoms with van der Waals surface area (Å²) in [6.07, 6.45) is 3.66. The van der Waals surface area contributed by atoms with Gasteiger partial charge in [0.2, 0.25) is 0 Å². The number of aryl methyl sites for hydroxylation is 1. The van der Waals surface area contributed by atoms with E-state index >= 15 is 0 Å². The zero-order valence-electron chi connectivity index (χ0n) is 11.9. The Labute approximate surface area is 118 Å². The Hall–Kier alpha value is -2.14. The smallest absolute Gasteiger partial charge is 0.251 e. The van der Waals surface area contributed by atoms with Gasteiger partial charge in [0.05, 0.1) is 18.3 Å². The number of aliphatic hydroxyl groups excluding tert-OH is 1. The third-order valence-corrected chi connectivity index (χ3v) is 3.01. The first-order chi connectivity index (χ1) is 9.41. The SMILES string of the molecule is Cn1cc(-c2cccc(C(=O)NC(C)(C)CO)c2)cn1. The number of benzene rings is 1. The number of hydrogen-bond donors (Lipinski definition) is 2. The molecule has 0 fully saturated rings. The van der Waals surface area contributed by atoms with Crippen LogP contribution in [0.25, 0.3) is 11.1 Å². The van der Waals surface area contributed by atoms with Crippen molar-refractivity contribution in [1.82, 2.24) is 15.1 Å². The monoisotopic (exact) mass is 273 g/mol. The number of hydrogen-bond acceptors (Lipinski definition) is 3. The Morgan fingerprint density at radius 2 is 2.15 bits per heavy atom. The molecule has 2 rings (SSSR count). The second-order valence-corrected chi connectivity index (χ2v) is 5.48. The summed E-state index contributed by atoms with van der Waals surface area (Å²) >= 11 is 0. The van der Waals surface area contributed by atoms with Crippen LogP contribution in [0.2, 0.25) is 0 Å². The van der Waals surface area contributed by atoms with E-state index in [4.69, 9.17) is 0 Å². The lowest BCUT2D eigenvalue weighted by atomic mass is 10.0. The van der Waals surface area contributed by atoms with Gasteiger partial charge in [-0.1, -0.05) is 12.1 Å². The molecule has 0 aliphatic carbocycles. The first kappa shape index (κ1) is 14.3. The summed E-state index contributed by atoms with van der Waals surface area (Å²) in [6.45, 7) is 3.44. The molecule has 106 valence electrons. The van der Waals surface area contributed by atoms with E-state index in [9.17, 15) is 9.90 Å². The molecule has 0 unspecified atom stereocenters. The van der Waals surface area contributed by atoms with Gasteiger partial charge in [-0.3, -0.25) is 9.48 Å². The van der Waals surface area contributed by atoms with Crippen LogP contribution in [0.1, 0.15) is 24.2 Å². The molecule has 0 atom stereocenters. The highest BCUT2D eigenvalue weighted by molar-refractivity contribution is 5.95. The third kappa shape index (κ3) is 3.24. The van der Waals surface area contributed by atoms with E-state index in [1.54, 1.807) is 30.8 Å². The first-order valence-corrected chi connectivity index (χ1v) is 6.44. The number of carbonyl (C=O) groups is 1. The Balaban J connectivity index is 2.24. The standard InChI is InChI=1S/C15H19N3O2/c1-15(2,10-19)17-14(20)12-6-4-5-11(7-12)13-8-16-18(3)9-13/h4-9,19H,10H2,1-3H3,(H,17,20). The van der Waals surface area contributed by atoms with Crippen LogP contribution >= 0.6 is 0 Å². The van der Waals surface area contributed by atoms with Crippen molar-refractivity contribution in [2.45, 2.75) is 19.4 Å². The quantitative estimate of drug-likeness (QED) is 0.889. The van der Waals surface area contributed by atoms with Gasteiger partial charge in [0.25, 0.3) is 5.91 Å². The summed E-state index contributed by atoms with van der Waals surface area (Å²) in [5, 5.41) is 16.1. The zero-order chi connectivity index (χ0) is 14.8. The van der Waals surface area contributed by atoms with Gasteiger partial charge in [0, 0.05) is 24.4 Å². The highest BCUT2D eigenvalue weighted by atomic mass is 16.3. The molecule has 5 nitrogen and oxygen atoms in total. The summed E-state index contributed by atoms with van der Waals surface area (Å²) in [7, 11) is 1.85. The number of nitrogens with zero attached hydrogens (tertiary/aromatic N) is 2. The van der Waals surface area contributed by atoms with E-state index in [1.807, 2.05) is 31.4 Å². The van der Waals surface area contributed by atoms with Crippen molar-refractivity contribution in [3.05, 3.63) is 42.2 Å². The van der Waals surface area contributed by atoms with Gasteiger partial charge in [0.15, 0.2) is 0 Å². The lowest BCUT2D eigenvalue weighted by Gasteiger charge is -2.23. The summed E-state index contributed by atoms with van der Waals surface area (Å²) in [4.78, 5) is 12.2. The van der Waals surface area contributed by atoms with Crippen LogP contribution in [0.5, 0.6) is 0 Å². The topological polar surface area (TPSA) is 67.2 Å². The maximum Gasteiger partial charge on any atom is 0.251 e. The number of nitrogens with one attached hydrogen (secondary N) is 1. The van der Waals surface area contributed by atoms with Crippen LogP contribution in [0.3, 0.4) is 0 Å². The minimum Gasteiger partial charge on any atom is -0.394 e. The molecule has 1 heterocycles. The van der Waals surface area contributed by atoms with Gasteiger partial charge in [-0.2, -0.15) is 5.10 Å². The predicted molar refractivity (Wildman–Crippen MR) is 77.3 cm³/mol. The van der Waals surface area contributed by atoms with E-state index in [-0.39, 0.29) is 12.5 Å². The number of amides is 1. The number of aliphatic hydroxyl groups is 1. The number of aromatic nitrogens is 2. The maximum atomic E-state index is 12.2. The molecule has 0 aliphatic heterocycles. The molecule has 0 bridgehead atoms. The molecule has 0 saturated carbocycles. The average Bonchev–Trinajstić information content (AvgIpc) is 2.85. The first-order valence-electron chi connectivity index (χ1n) is 6.44. The summed E-state index contributed by atoms with van der Waals surface area (Å²) in [5.41, 5.74) is 1.82. The van der Waals surface area contributed by atoms with Crippen LogP contribution in [0.15, 0.2) is 36.7 Å². The van der Waals surface area contributed by atoms with Crippen molar-refractivity contribution in [2.24, 2.45) is 7.05 Å². The highest BCUT2D eigenvalue weighted by Gasteiger charge is 2.20. The summed E-state index contributed by atoms with van der Waals surface area (Å²) in [6, 6.07) is 7.34. The highest BCUT2D eigenvalue weighted by Crippen LogP contribution is 2.19. The van der Waals surface area contributed by atoms with Crippen LogP contribution < -0.4 is 5.32 Å². The molecule has 2 aromatic rings. The molecule has 1 aromatic carbocycles. The summed E-state index contributed by atoms with van der Waals surface area (Å²) < 4.78 is 1.72. The Bertz CT molecular complexity index is 617. The molecule has 0 spiro atoms. The van der Waals surface area contributed by atoms with E-state index in [0.717, 1.165) is 11.1 Å². The van der Waals surface area contributed by atoms with Gasteiger partial charge >= 0.3 is 0 Å². The Morgan fingerprint density at radius 1 is 1.40 bits per heavy atom. The van der Waals surface area contributed by atoms with Gasteiger partial charge < -0.3 is 10.4 Å². The van der Waals surface area contributed by atoms with Gasteiger partial charge in [-0.25, -0.2) is 0 Å². The summed E-state index contributed by atoms with van der Waals surface area (Å²) in [5.74, 6) is -0.199. The third-order valence-electron chi connectivity index (χ3n) is 3.01. The van der Waals surface area contributed by atoms with E-state index < -0.39 is 5.54 Å². The van der Waals surface area contributed by atoms with E-state index in [0.29, 0.717) is 5.56 Å². The van der Waals surface area contributed by atoms with Crippen molar-refractivity contribution in [3.63, 3.8) is 0 Å². The average molecular weight is 273 g/mol. The molecular weight excluding hydrogens is 254 g/mol. The van der Waals surface area contributed by atoms with Crippen LogP contribution in [-0.4, -0.2) is 32.9 Å². The number of rotatable bonds is 4. The lowest BCUT2D eigenvalue weighted by molar-refractivity contribution is 0.0869. The molecular formula is C15H19N3O2. The van der Waals surface area contributed by atoms with Crippen LogP contribution in [0.4, 0.5) is 0 Å². The largest absolute Gasteiger partial charge is 0.394 e. The maximum absolute atomic E-state index is 12.2. The zero-order valence-corrected chi connectivity index (χ0v) is 11.9. The van der Waals surface area contributed by atoms with Crippen molar-refractivity contribution in [3.8, 4) is 11.1 Å². The van der Waals surface area contributed by atoms with E-state index in [2.05, 4.69) is 10.4 Å². The minimum atomic E-state index is -0.638. The van der Waals surface area contributed by atoms with Gasteiger partial charge in [0.1, 0.15) is 0 Å². The second-order valence-electron chi connectivity index (χ2n) is 5.48. The molecule has 1 aromatic heterocycles. The van der Waals surface area contributed by atoms with Crippen molar-refractivity contribution in [1.29, 1.82) is 0 Å². The van der Waals surface area contributed by atoms with Crippen LogP contribution in [0, 0.1) is 0 Å². The fourth-order valence-electron chi connectivity index (χ4n) is 1.83. The molecule has 2 N–H and O–H groups in total. The second kappa shape index (κ2) is 5.46. The predicted octanol–water partition coefficient (Wildman–Crippen LogP) is 1.59. The van der Waals surface area contributed by atoms with Gasteiger partial charge in [-0.05, 0) is 31.5 Å². The van der Waals surface area contributed by atoms with Gasteiger partial charge in [-0.15, -0.1) is 0 Å². The fraction of sp³-hybridized carbons (Fsp3) is 0.333. The molecule has 0 saturated heterocycles. The van der Waals surface area contributed by atoms with Crippen molar-refractivity contribution in [2.75, 3.05) is 6.61 Å². The Kier molecular flexibility index (Phi) is 3.90. The van der Waals surface area contributed by atoms with E-state index in [1.165, 1.54) is 0 Å². The fourth-order valence-corrected chi connectivity index (χ4v) is 1.83. The lowest BCUT2D eigenvalue weighted by Crippen LogP contribution is -2.46. The molecule has 0 radical (unpaired) electrons. The molecule has 20 heavy (non-hydrogen) atoms. The van der Waals surface area contributed by atoms with Crippen molar-refractivity contribution < 1.29 is 9.90 Å². The molecule has 5 heteroatoms. The Morgan fingerprint density at radius 3 is 2.75 bits per heavy atom. The number of carbonyl (C=O) groups excluding carboxylic acids is 1.